The lowest BCUT2D eigenvalue weighted by atomic mass is 10.1. The van der Waals surface area contributed by atoms with Crippen LogP contribution in [0.25, 0.3) is 10.8 Å². The van der Waals surface area contributed by atoms with E-state index in [1.165, 1.54) is 0 Å². The molecule has 0 radical (unpaired) electrons. The van der Waals surface area contributed by atoms with Crippen LogP contribution in [0.5, 0.6) is 0 Å². The van der Waals surface area contributed by atoms with E-state index in [0.717, 1.165) is 27.2 Å². The standard InChI is InChI=1S/C10H9ClN2/c1-6-9-4-3-8(11)5-10(9)7(2)13-12-6/h3-5H,1-2H3. The third-order valence-electron chi connectivity index (χ3n) is 2.11. The lowest BCUT2D eigenvalue weighted by Gasteiger charge is -2.02. The zero-order valence-corrected chi connectivity index (χ0v) is 8.26. The Hall–Kier alpha value is -1.15. The van der Waals surface area contributed by atoms with Crippen LogP contribution in [-0.4, -0.2) is 10.2 Å². The quantitative estimate of drug-likeness (QED) is 0.642. The van der Waals surface area contributed by atoms with Crippen molar-refractivity contribution in [2.75, 3.05) is 0 Å². The number of nitrogens with zero attached hydrogens (tertiary/aromatic N) is 2. The SMILES string of the molecule is Cc1nnc(C)c2cc(Cl)ccc12. The topological polar surface area (TPSA) is 25.8 Å². The predicted octanol–water partition coefficient (Wildman–Crippen LogP) is 2.90. The van der Waals surface area contributed by atoms with E-state index in [0.29, 0.717) is 0 Å². The average Bonchev–Trinajstić information content (AvgIpc) is 2.12. The van der Waals surface area contributed by atoms with Crippen LogP contribution in [-0.2, 0) is 0 Å². The second-order valence-corrected chi connectivity index (χ2v) is 3.50. The molecule has 66 valence electrons. The fraction of sp³-hybridized carbons (Fsp3) is 0.200. The summed E-state index contributed by atoms with van der Waals surface area (Å²) in [7, 11) is 0. The molecule has 0 saturated carbocycles. The molecule has 1 aromatic carbocycles. The van der Waals surface area contributed by atoms with Gasteiger partial charge in [-0.15, -0.1) is 0 Å². The van der Waals surface area contributed by atoms with Gasteiger partial charge in [0.2, 0.25) is 0 Å². The minimum atomic E-state index is 0.739. The Labute approximate surface area is 81.6 Å². The summed E-state index contributed by atoms with van der Waals surface area (Å²) in [5.74, 6) is 0. The van der Waals surface area contributed by atoms with Crippen molar-refractivity contribution in [1.82, 2.24) is 10.2 Å². The molecule has 0 spiro atoms. The van der Waals surface area contributed by atoms with Gasteiger partial charge in [-0.05, 0) is 26.0 Å². The molecular weight excluding hydrogens is 184 g/mol. The molecule has 0 aliphatic heterocycles. The summed E-state index contributed by atoms with van der Waals surface area (Å²) in [6.45, 7) is 3.88. The first-order valence-corrected chi connectivity index (χ1v) is 4.45. The van der Waals surface area contributed by atoms with Crippen molar-refractivity contribution in [2.45, 2.75) is 13.8 Å². The van der Waals surface area contributed by atoms with E-state index in [1.807, 2.05) is 32.0 Å². The molecule has 0 N–H and O–H groups in total. The second-order valence-electron chi connectivity index (χ2n) is 3.06. The number of hydrogen-bond acceptors (Lipinski definition) is 2. The van der Waals surface area contributed by atoms with Crippen molar-refractivity contribution in [3.8, 4) is 0 Å². The summed E-state index contributed by atoms with van der Waals surface area (Å²) in [6.07, 6.45) is 0. The van der Waals surface area contributed by atoms with Gasteiger partial charge in [-0.3, -0.25) is 0 Å². The van der Waals surface area contributed by atoms with Crippen molar-refractivity contribution >= 4 is 22.4 Å². The molecule has 0 amide bonds. The van der Waals surface area contributed by atoms with Crippen molar-refractivity contribution < 1.29 is 0 Å². The van der Waals surface area contributed by atoms with Crippen LogP contribution in [0.1, 0.15) is 11.4 Å². The molecule has 1 heterocycles. The first-order valence-electron chi connectivity index (χ1n) is 4.07. The Balaban J connectivity index is 2.92. The molecule has 0 saturated heterocycles. The summed E-state index contributed by atoms with van der Waals surface area (Å²) in [6, 6.07) is 5.78. The maximum atomic E-state index is 5.89. The zero-order valence-electron chi connectivity index (χ0n) is 7.50. The van der Waals surface area contributed by atoms with Gasteiger partial charge in [0.15, 0.2) is 0 Å². The predicted molar refractivity (Wildman–Crippen MR) is 54.0 cm³/mol. The fourth-order valence-electron chi connectivity index (χ4n) is 1.39. The van der Waals surface area contributed by atoms with Crippen LogP contribution in [0.15, 0.2) is 18.2 Å². The molecule has 0 aliphatic carbocycles. The fourth-order valence-corrected chi connectivity index (χ4v) is 1.56. The number of rotatable bonds is 0. The minimum Gasteiger partial charge on any atom is -0.155 e. The molecule has 3 heteroatoms. The van der Waals surface area contributed by atoms with Gasteiger partial charge in [-0.2, -0.15) is 10.2 Å². The third-order valence-corrected chi connectivity index (χ3v) is 2.35. The van der Waals surface area contributed by atoms with E-state index < -0.39 is 0 Å². The van der Waals surface area contributed by atoms with E-state index in [2.05, 4.69) is 10.2 Å². The van der Waals surface area contributed by atoms with Gasteiger partial charge in [0.1, 0.15) is 0 Å². The maximum Gasteiger partial charge on any atom is 0.0679 e. The Morgan fingerprint density at radius 1 is 1.00 bits per heavy atom. The van der Waals surface area contributed by atoms with Crippen molar-refractivity contribution in [1.29, 1.82) is 0 Å². The second kappa shape index (κ2) is 2.96. The summed E-state index contributed by atoms with van der Waals surface area (Å²) < 4.78 is 0. The van der Waals surface area contributed by atoms with Crippen molar-refractivity contribution in [3.63, 3.8) is 0 Å². The molecule has 2 nitrogen and oxygen atoms in total. The van der Waals surface area contributed by atoms with E-state index in [1.54, 1.807) is 0 Å². The first kappa shape index (κ1) is 8.45. The largest absolute Gasteiger partial charge is 0.155 e. The molecule has 13 heavy (non-hydrogen) atoms. The number of benzene rings is 1. The average molecular weight is 193 g/mol. The highest BCUT2D eigenvalue weighted by molar-refractivity contribution is 6.31. The number of aromatic nitrogens is 2. The van der Waals surface area contributed by atoms with Gasteiger partial charge in [0, 0.05) is 15.8 Å². The highest BCUT2D eigenvalue weighted by Crippen LogP contribution is 2.22. The smallest absolute Gasteiger partial charge is 0.0679 e. The molecule has 2 rings (SSSR count). The van der Waals surface area contributed by atoms with Crippen LogP contribution in [0.4, 0.5) is 0 Å². The molecule has 0 atom stereocenters. The zero-order chi connectivity index (χ0) is 9.42. The molecular formula is C10H9ClN2. The maximum absolute atomic E-state index is 5.89. The molecule has 1 aromatic heterocycles. The van der Waals surface area contributed by atoms with E-state index >= 15 is 0 Å². The van der Waals surface area contributed by atoms with Gasteiger partial charge < -0.3 is 0 Å². The number of hydrogen-bond donors (Lipinski definition) is 0. The molecule has 2 aromatic rings. The van der Waals surface area contributed by atoms with E-state index in [-0.39, 0.29) is 0 Å². The lowest BCUT2D eigenvalue weighted by molar-refractivity contribution is 0.964. The molecule has 0 unspecified atom stereocenters. The van der Waals surface area contributed by atoms with Gasteiger partial charge in [0.05, 0.1) is 11.4 Å². The summed E-state index contributed by atoms with van der Waals surface area (Å²) in [5, 5.41) is 11.0. The highest BCUT2D eigenvalue weighted by Gasteiger charge is 2.02. The van der Waals surface area contributed by atoms with Crippen LogP contribution in [0.3, 0.4) is 0 Å². The summed E-state index contributed by atoms with van der Waals surface area (Å²) in [4.78, 5) is 0. The van der Waals surface area contributed by atoms with Gasteiger partial charge >= 0.3 is 0 Å². The van der Waals surface area contributed by atoms with Crippen LogP contribution < -0.4 is 0 Å². The van der Waals surface area contributed by atoms with Gasteiger partial charge in [-0.1, -0.05) is 17.7 Å². The Kier molecular flexibility index (Phi) is 1.93. The lowest BCUT2D eigenvalue weighted by Crippen LogP contribution is -1.92. The minimum absolute atomic E-state index is 0.739. The van der Waals surface area contributed by atoms with Crippen LogP contribution in [0.2, 0.25) is 5.02 Å². The summed E-state index contributed by atoms with van der Waals surface area (Å²) >= 11 is 5.89. The van der Waals surface area contributed by atoms with Crippen LogP contribution >= 0.6 is 11.6 Å². The Bertz CT molecular complexity index is 466. The third kappa shape index (κ3) is 1.38. The van der Waals surface area contributed by atoms with Crippen molar-refractivity contribution in [2.24, 2.45) is 0 Å². The molecule has 0 bridgehead atoms. The normalized spacial score (nSPS) is 10.7. The monoisotopic (exact) mass is 192 g/mol. The Morgan fingerprint density at radius 3 is 2.31 bits per heavy atom. The van der Waals surface area contributed by atoms with E-state index in [4.69, 9.17) is 11.6 Å². The van der Waals surface area contributed by atoms with Crippen molar-refractivity contribution in [3.05, 3.63) is 34.6 Å². The highest BCUT2D eigenvalue weighted by atomic mass is 35.5. The van der Waals surface area contributed by atoms with Gasteiger partial charge in [-0.25, -0.2) is 0 Å². The van der Waals surface area contributed by atoms with Gasteiger partial charge in [0.25, 0.3) is 0 Å². The molecule has 0 aliphatic rings. The Morgan fingerprint density at radius 2 is 1.62 bits per heavy atom. The number of fused-ring (bicyclic) bond motifs is 1. The number of halogens is 1. The number of aryl methyl sites for hydroxylation is 2. The van der Waals surface area contributed by atoms with E-state index in [9.17, 15) is 0 Å². The first-order chi connectivity index (χ1) is 6.18. The molecule has 0 fully saturated rings. The van der Waals surface area contributed by atoms with Crippen LogP contribution in [0, 0.1) is 13.8 Å². The summed E-state index contributed by atoms with van der Waals surface area (Å²) in [5.41, 5.74) is 1.86.